The molecule has 1 N–H and O–H groups in total. The van der Waals surface area contributed by atoms with Crippen LogP contribution in [0, 0.1) is 27.7 Å². The number of amides is 1. The van der Waals surface area contributed by atoms with Crippen molar-refractivity contribution in [3.05, 3.63) is 34.4 Å². The van der Waals surface area contributed by atoms with E-state index in [1.165, 1.54) is 0 Å². The molecule has 0 saturated heterocycles. The number of aromatic nitrogens is 4. The average molecular weight is 385 g/mol. The van der Waals surface area contributed by atoms with Gasteiger partial charge < -0.3 is 10.1 Å². The van der Waals surface area contributed by atoms with E-state index in [-0.39, 0.29) is 25.5 Å². The van der Waals surface area contributed by atoms with E-state index in [0.717, 1.165) is 22.6 Å². The Morgan fingerprint density at radius 2 is 1.81 bits per heavy atom. The summed E-state index contributed by atoms with van der Waals surface area (Å²) in [5.74, 6) is 0.109. The highest BCUT2D eigenvalue weighted by molar-refractivity contribution is 5.79. The van der Waals surface area contributed by atoms with Gasteiger partial charge in [-0.2, -0.15) is 18.3 Å². The molecular weight excluding hydrogens is 363 g/mol. The van der Waals surface area contributed by atoms with E-state index >= 15 is 0 Å². The maximum atomic E-state index is 12.1. The Hall–Kier alpha value is -2.49. The van der Waals surface area contributed by atoms with Crippen molar-refractivity contribution in [3.8, 4) is 5.95 Å². The van der Waals surface area contributed by atoms with Gasteiger partial charge in [0.15, 0.2) is 0 Å². The minimum Gasteiger partial charge on any atom is -0.370 e. The number of hydrogen-bond acceptors (Lipinski definition) is 5. The van der Waals surface area contributed by atoms with E-state index in [0.29, 0.717) is 11.6 Å². The lowest BCUT2D eigenvalue weighted by Crippen LogP contribution is -2.30. The van der Waals surface area contributed by atoms with Crippen molar-refractivity contribution in [2.75, 3.05) is 19.8 Å². The molecule has 148 valence electrons. The predicted octanol–water partition coefficient (Wildman–Crippen LogP) is 2.13. The Labute approximate surface area is 155 Å². The molecule has 2 rings (SSSR count). The molecule has 27 heavy (non-hydrogen) atoms. The lowest BCUT2D eigenvalue weighted by atomic mass is 10.1. The average Bonchev–Trinajstić information content (AvgIpc) is 2.80. The van der Waals surface area contributed by atoms with Crippen molar-refractivity contribution in [3.63, 3.8) is 0 Å². The van der Waals surface area contributed by atoms with Gasteiger partial charge in [0.1, 0.15) is 6.61 Å². The zero-order chi connectivity index (χ0) is 20.2. The maximum absolute atomic E-state index is 12.1. The number of hydrogen-bond donors (Lipinski definition) is 1. The highest BCUT2D eigenvalue weighted by Crippen LogP contribution is 2.17. The highest BCUT2D eigenvalue weighted by Gasteiger charge is 2.27. The molecule has 0 saturated carbocycles. The number of ether oxygens (including phenoxy) is 1. The number of nitrogens with zero attached hydrogens (tertiary/aromatic N) is 4. The number of alkyl halides is 3. The van der Waals surface area contributed by atoms with Crippen LogP contribution in [0.3, 0.4) is 0 Å². The highest BCUT2D eigenvalue weighted by atomic mass is 19.4. The summed E-state index contributed by atoms with van der Waals surface area (Å²) in [6.07, 6.45) is -4.31. The summed E-state index contributed by atoms with van der Waals surface area (Å²) >= 11 is 0. The first-order chi connectivity index (χ1) is 12.6. The molecule has 2 aromatic heterocycles. The first kappa shape index (κ1) is 20.8. The van der Waals surface area contributed by atoms with Gasteiger partial charge in [0.25, 0.3) is 5.95 Å². The second-order valence-electron chi connectivity index (χ2n) is 6.21. The van der Waals surface area contributed by atoms with E-state index in [9.17, 15) is 18.0 Å². The summed E-state index contributed by atoms with van der Waals surface area (Å²) in [6, 6.07) is 1.85. The third-order valence-electron chi connectivity index (χ3n) is 3.77. The van der Waals surface area contributed by atoms with Gasteiger partial charge in [0.05, 0.1) is 18.7 Å². The van der Waals surface area contributed by atoms with E-state index < -0.39 is 12.8 Å². The van der Waals surface area contributed by atoms with Crippen LogP contribution in [0.1, 0.15) is 28.3 Å². The van der Waals surface area contributed by atoms with Crippen LogP contribution in [-0.4, -0.2) is 51.6 Å². The van der Waals surface area contributed by atoms with Crippen molar-refractivity contribution in [1.82, 2.24) is 25.1 Å². The van der Waals surface area contributed by atoms with Crippen molar-refractivity contribution >= 4 is 5.91 Å². The Balaban J connectivity index is 1.99. The molecule has 2 aromatic rings. The number of rotatable bonds is 7. The van der Waals surface area contributed by atoms with Crippen LogP contribution in [0.2, 0.25) is 0 Å². The summed E-state index contributed by atoms with van der Waals surface area (Å²) in [5.41, 5.74) is 3.75. The van der Waals surface area contributed by atoms with Crippen LogP contribution in [0.15, 0.2) is 6.07 Å². The van der Waals surface area contributed by atoms with Crippen LogP contribution >= 0.6 is 0 Å². The molecule has 2 heterocycles. The fourth-order valence-electron chi connectivity index (χ4n) is 2.60. The number of halogens is 3. The van der Waals surface area contributed by atoms with Crippen LogP contribution in [-0.2, 0) is 16.0 Å². The van der Waals surface area contributed by atoms with Gasteiger partial charge in [0.2, 0.25) is 5.91 Å². The third-order valence-corrected chi connectivity index (χ3v) is 3.77. The molecule has 1 amide bonds. The lowest BCUT2D eigenvalue weighted by Gasteiger charge is -2.09. The standard InChI is InChI=1S/C17H22F3N5O2/c1-10-7-11(2)23-16(22-10)25-13(4)14(12(3)24-25)8-15(26)21-5-6-27-9-17(18,19)20/h7H,5-6,8-9H2,1-4H3,(H,21,26). The summed E-state index contributed by atoms with van der Waals surface area (Å²) in [4.78, 5) is 20.8. The van der Waals surface area contributed by atoms with E-state index in [1.807, 2.05) is 26.8 Å². The molecule has 0 radical (unpaired) electrons. The second-order valence-corrected chi connectivity index (χ2v) is 6.21. The van der Waals surface area contributed by atoms with Gasteiger partial charge in [-0.1, -0.05) is 0 Å². The van der Waals surface area contributed by atoms with Crippen molar-refractivity contribution in [2.45, 2.75) is 40.3 Å². The van der Waals surface area contributed by atoms with Crippen molar-refractivity contribution in [1.29, 1.82) is 0 Å². The minimum absolute atomic E-state index is 0.00132. The smallest absolute Gasteiger partial charge is 0.370 e. The summed E-state index contributed by atoms with van der Waals surface area (Å²) < 4.78 is 42.0. The molecule has 0 spiro atoms. The van der Waals surface area contributed by atoms with E-state index in [4.69, 9.17) is 0 Å². The van der Waals surface area contributed by atoms with Crippen LogP contribution in [0.4, 0.5) is 13.2 Å². The zero-order valence-electron chi connectivity index (χ0n) is 15.6. The molecule has 10 heteroatoms. The predicted molar refractivity (Wildman–Crippen MR) is 91.7 cm³/mol. The molecule has 7 nitrogen and oxygen atoms in total. The van der Waals surface area contributed by atoms with E-state index in [2.05, 4.69) is 25.1 Å². The van der Waals surface area contributed by atoms with Gasteiger partial charge in [0, 0.05) is 29.2 Å². The third kappa shape index (κ3) is 6.02. The number of carbonyl (C=O) groups is 1. The van der Waals surface area contributed by atoms with Crippen molar-refractivity contribution in [2.24, 2.45) is 0 Å². The summed E-state index contributed by atoms with van der Waals surface area (Å²) in [7, 11) is 0. The van der Waals surface area contributed by atoms with Gasteiger partial charge in [-0.05, 0) is 33.8 Å². The molecule has 0 bridgehead atoms. The first-order valence-corrected chi connectivity index (χ1v) is 8.36. The monoisotopic (exact) mass is 385 g/mol. The van der Waals surface area contributed by atoms with Crippen LogP contribution in [0.5, 0.6) is 0 Å². The van der Waals surface area contributed by atoms with Gasteiger partial charge in [-0.15, -0.1) is 0 Å². The lowest BCUT2D eigenvalue weighted by molar-refractivity contribution is -0.173. The molecular formula is C17H22F3N5O2. The first-order valence-electron chi connectivity index (χ1n) is 8.36. The summed E-state index contributed by atoms with van der Waals surface area (Å²) in [6.45, 7) is 5.78. The van der Waals surface area contributed by atoms with Gasteiger partial charge >= 0.3 is 6.18 Å². The van der Waals surface area contributed by atoms with Crippen LogP contribution in [0.25, 0.3) is 5.95 Å². The Kier molecular flexibility index (Phi) is 6.53. The second kappa shape index (κ2) is 8.47. The molecule has 0 aliphatic rings. The number of aryl methyl sites for hydroxylation is 3. The molecule has 0 aliphatic heterocycles. The molecule has 0 aromatic carbocycles. The largest absolute Gasteiger partial charge is 0.411 e. The Morgan fingerprint density at radius 1 is 1.19 bits per heavy atom. The zero-order valence-corrected chi connectivity index (χ0v) is 15.6. The topological polar surface area (TPSA) is 81.9 Å². The number of nitrogens with one attached hydrogen (secondary N) is 1. The SMILES string of the molecule is Cc1cc(C)nc(-n2nc(C)c(CC(=O)NCCOCC(F)(F)F)c2C)n1. The van der Waals surface area contributed by atoms with Crippen LogP contribution < -0.4 is 5.32 Å². The fourth-order valence-corrected chi connectivity index (χ4v) is 2.60. The molecule has 0 fully saturated rings. The molecule has 0 aliphatic carbocycles. The Bertz CT molecular complexity index is 797. The summed E-state index contributed by atoms with van der Waals surface area (Å²) in [5, 5.41) is 6.95. The Morgan fingerprint density at radius 3 is 2.41 bits per heavy atom. The quantitative estimate of drug-likeness (QED) is 0.739. The fraction of sp³-hybridized carbons (Fsp3) is 0.529. The number of carbonyl (C=O) groups excluding carboxylic acids is 1. The molecule has 0 atom stereocenters. The minimum atomic E-state index is -4.37. The maximum Gasteiger partial charge on any atom is 0.411 e. The van der Waals surface area contributed by atoms with Crippen molar-refractivity contribution < 1.29 is 22.7 Å². The normalized spacial score (nSPS) is 11.7. The van der Waals surface area contributed by atoms with E-state index in [1.54, 1.807) is 11.6 Å². The van der Waals surface area contributed by atoms with Gasteiger partial charge in [-0.25, -0.2) is 14.6 Å². The van der Waals surface area contributed by atoms with Gasteiger partial charge in [-0.3, -0.25) is 4.79 Å². The molecule has 0 unspecified atom stereocenters.